The Morgan fingerprint density at radius 2 is 2.08 bits per heavy atom. The van der Waals surface area contributed by atoms with E-state index in [1.807, 2.05) is 12.1 Å². The summed E-state index contributed by atoms with van der Waals surface area (Å²) in [4.78, 5) is 13.9. The molecule has 1 aliphatic heterocycles. The van der Waals surface area contributed by atoms with Crippen LogP contribution in [0.2, 0.25) is 5.02 Å². The minimum absolute atomic E-state index is 0.141. The topological polar surface area (TPSA) is 62.6 Å². The van der Waals surface area contributed by atoms with Crippen LogP contribution in [0.5, 0.6) is 11.5 Å². The standard InChI is InChI=1S/C19H15ClN2O3/c1-22(11-14-4-2-13(10-21)3-5-14)18(23)7-6-15-8-16(20)19-17(9-15)24-12-25-19/h2-9H,11-12H2,1H3/b7-6+. The van der Waals surface area contributed by atoms with Crippen LogP contribution in [0, 0.1) is 11.3 Å². The van der Waals surface area contributed by atoms with Gasteiger partial charge in [0.25, 0.3) is 0 Å². The fraction of sp³-hybridized carbons (Fsp3) is 0.158. The number of benzene rings is 2. The van der Waals surface area contributed by atoms with Crippen LogP contribution >= 0.6 is 11.6 Å². The Kier molecular flexibility index (Phi) is 4.92. The summed E-state index contributed by atoms with van der Waals surface area (Å²) in [5, 5.41) is 9.26. The van der Waals surface area contributed by atoms with Gasteiger partial charge in [0.15, 0.2) is 11.5 Å². The highest BCUT2D eigenvalue weighted by atomic mass is 35.5. The van der Waals surface area contributed by atoms with Gasteiger partial charge in [0.05, 0.1) is 16.7 Å². The summed E-state index contributed by atoms with van der Waals surface area (Å²) in [6.45, 7) is 0.602. The molecule has 2 aromatic carbocycles. The van der Waals surface area contributed by atoms with Gasteiger partial charge in [0.2, 0.25) is 12.7 Å². The van der Waals surface area contributed by atoms with Gasteiger partial charge in [-0.2, -0.15) is 5.26 Å². The number of hydrogen-bond acceptors (Lipinski definition) is 4. The van der Waals surface area contributed by atoms with Crippen molar-refractivity contribution in [1.82, 2.24) is 4.90 Å². The molecule has 1 aliphatic rings. The molecule has 0 bridgehead atoms. The first kappa shape index (κ1) is 16.9. The molecule has 0 N–H and O–H groups in total. The number of likely N-dealkylation sites (N-methyl/N-ethyl adjacent to an activating group) is 1. The molecule has 0 fully saturated rings. The molecule has 126 valence electrons. The van der Waals surface area contributed by atoms with Gasteiger partial charge in [-0.1, -0.05) is 23.7 Å². The lowest BCUT2D eigenvalue weighted by molar-refractivity contribution is -0.125. The van der Waals surface area contributed by atoms with E-state index in [1.54, 1.807) is 42.3 Å². The number of carbonyl (C=O) groups is 1. The van der Waals surface area contributed by atoms with Gasteiger partial charge in [-0.25, -0.2) is 0 Å². The van der Waals surface area contributed by atoms with Crippen molar-refractivity contribution in [2.75, 3.05) is 13.8 Å². The smallest absolute Gasteiger partial charge is 0.246 e. The van der Waals surface area contributed by atoms with Gasteiger partial charge in [-0.15, -0.1) is 0 Å². The Labute approximate surface area is 150 Å². The molecule has 25 heavy (non-hydrogen) atoms. The monoisotopic (exact) mass is 354 g/mol. The van der Waals surface area contributed by atoms with Gasteiger partial charge in [0.1, 0.15) is 0 Å². The van der Waals surface area contributed by atoms with Gasteiger partial charge in [0, 0.05) is 19.7 Å². The first-order valence-electron chi connectivity index (χ1n) is 7.58. The maximum atomic E-state index is 12.3. The summed E-state index contributed by atoms with van der Waals surface area (Å²) in [5.74, 6) is 0.965. The predicted molar refractivity (Wildman–Crippen MR) is 94.2 cm³/mol. The summed E-state index contributed by atoms with van der Waals surface area (Å²) < 4.78 is 10.6. The van der Waals surface area contributed by atoms with Gasteiger partial charge in [-0.3, -0.25) is 4.79 Å². The number of halogens is 1. The van der Waals surface area contributed by atoms with Crippen molar-refractivity contribution in [3.63, 3.8) is 0 Å². The molecule has 0 unspecified atom stereocenters. The quantitative estimate of drug-likeness (QED) is 0.787. The van der Waals surface area contributed by atoms with Crippen molar-refractivity contribution < 1.29 is 14.3 Å². The molecule has 1 amide bonds. The first-order chi connectivity index (χ1) is 12.1. The summed E-state index contributed by atoms with van der Waals surface area (Å²) in [5.41, 5.74) is 2.31. The largest absolute Gasteiger partial charge is 0.454 e. The molecule has 6 heteroatoms. The molecule has 2 aromatic rings. The number of ether oxygens (including phenoxy) is 2. The molecule has 0 radical (unpaired) electrons. The van der Waals surface area contributed by atoms with Crippen molar-refractivity contribution in [1.29, 1.82) is 5.26 Å². The Hall–Kier alpha value is -2.97. The van der Waals surface area contributed by atoms with E-state index in [2.05, 4.69) is 6.07 Å². The number of nitriles is 1. The third-order valence-electron chi connectivity index (χ3n) is 3.75. The average Bonchev–Trinajstić information content (AvgIpc) is 3.09. The van der Waals surface area contributed by atoms with Gasteiger partial charge < -0.3 is 14.4 Å². The molecule has 0 atom stereocenters. The second-order valence-corrected chi connectivity index (χ2v) is 5.98. The maximum absolute atomic E-state index is 12.3. The van der Waals surface area contributed by atoms with Crippen LogP contribution in [0.25, 0.3) is 6.08 Å². The minimum Gasteiger partial charge on any atom is -0.454 e. The lowest BCUT2D eigenvalue weighted by Gasteiger charge is -2.15. The molecule has 0 saturated heterocycles. The summed E-state index contributed by atoms with van der Waals surface area (Å²) >= 11 is 6.13. The van der Waals surface area contributed by atoms with E-state index < -0.39 is 0 Å². The third kappa shape index (κ3) is 3.93. The zero-order chi connectivity index (χ0) is 17.8. The van der Waals surface area contributed by atoms with E-state index in [9.17, 15) is 4.79 Å². The lowest BCUT2D eigenvalue weighted by atomic mass is 10.1. The molecular formula is C19H15ClN2O3. The van der Waals surface area contributed by atoms with Crippen molar-refractivity contribution in [2.45, 2.75) is 6.54 Å². The molecule has 0 aromatic heterocycles. The van der Waals surface area contributed by atoms with Gasteiger partial charge in [-0.05, 0) is 41.5 Å². The highest BCUT2D eigenvalue weighted by molar-refractivity contribution is 6.32. The van der Waals surface area contributed by atoms with Crippen LogP contribution in [-0.4, -0.2) is 24.6 Å². The van der Waals surface area contributed by atoms with Crippen molar-refractivity contribution in [3.05, 3.63) is 64.2 Å². The van der Waals surface area contributed by atoms with Crippen LogP contribution in [-0.2, 0) is 11.3 Å². The lowest BCUT2D eigenvalue weighted by Crippen LogP contribution is -2.24. The van der Waals surface area contributed by atoms with E-state index in [0.29, 0.717) is 28.6 Å². The summed E-state index contributed by atoms with van der Waals surface area (Å²) in [6, 6.07) is 12.7. The Bertz CT molecular complexity index is 869. The van der Waals surface area contributed by atoms with Crippen molar-refractivity contribution >= 4 is 23.6 Å². The molecule has 1 heterocycles. The number of fused-ring (bicyclic) bond motifs is 1. The second kappa shape index (κ2) is 7.29. The Balaban J connectivity index is 1.65. The molecule has 0 aliphatic carbocycles. The van der Waals surface area contributed by atoms with E-state index >= 15 is 0 Å². The second-order valence-electron chi connectivity index (χ2n) is 5.57. The highest BCUT2D eigenvalue weighted by Gasteiger charge is 2.17. The van der Waals surface area contributed by atoms with Crippen molar-refractivity contribution in [3.8, 4) is 17.6 Å². The normalized spacial score (nSPS) is 12.2. The number of hydrogen-bond donors (Lipinski definition) is 0. The molecule has 0 spiro atoms. The van der Waals surface area contributed by atoms with E-state index in [4.69, 9.17) is 26.3 Å². The third-order valence-corrected chi connectivity index (χ3v) is 4.03. The molecular weight excluding hydrogens is 340 g/mol. The molecule has 5 nitrogen and oxygen atoms in total. The number of amides is 1. The molecule has 3 rings (SSSR count). The van der Waals surface area contributed by atoms with Crippen LogP contribution in [0.3, 0.4) is 0 Å². The van der Waals surface area contributed by atoms with Crippen LogP contribution in [0.4, 0.5) is 0 Å². The fourth-order valence-corrected chi connectivity index (χ4v) is 2.69. The SMILES string of the molecule is CN(Cc1ccc(C#N)cc1)C(=O)/C=C/c1cc(Cl)c2c(c1)OCO2. The highest BCUT2D eigenvalue weighted by Crippen LogP contribution is 2.40. The number of nitrogens with zero attached hydrogens (tertiary/aromatic N) is 2. The summed E-state index contributed by atoms with van der Waals surface area (Å²) in [7, 11) is 1.72. The van der Waals surface area contributed by atoms with E-state index in [0.717, 1.165) is 11.1 Å². The van der Waals surface area contributed by atoms with E-state index in [-0.39, 0.29) is 12.7 Å². The van der Waals surface area contributed by atoms with E-state index in [1.165, 1.54) is 6.08 Å². The van der Waals surface area contributed by atoms with Gasteiger partial charge >= 0.3 is 0 Å². The van der Waals surface area contributed by atoms with Crippen LogP contribution < -0.4 is 9.47 Å². The first-order valence-corrected chi connectivity index (χ1v) is 7.96. The number of carbonyl (C=O) groups excluding carboxylic acids is 1. The average molecular weight is 355 g/mol. The summed E-state index contributed by atoms with van der Waals surface area (Å²) in [6.07, 6.45) is 3.17. The minimum atomic E-state index is -0.141. The Morgan fingerprint density at radius 1 is 1.32 bits per heavy atom. The van der Waals surface area contributed by atoms with Crippen LogP contribution in [0.15, 0.2) is 42.5 Å². The predicted octanol–water partition coefficient (Wildman–Crippen LogP) is 3.61. The van der Waals surface area contributed by atoms with Crippen LogP contribution in [0.1, 0.15) is 16.7 Å². The number of rotatable bonds is 4. The zero-order valence-electron chi connectivity index (χ0n) is 13.5. The Morgan fingerprint density at radius 3 is 2.80 bits per heavy atom. The molecule has 0 saturated carbocycles. The maximum Gasteiger partial charge on any atom is 0.246 e. The fourth-order valence-electron chi connectivity index (χ4n) is 2.41. The van der Waals surface area contributed by atoms with Crippen molar-refractivity contribution in [2.24, 2.45) is 0 Å². The zero-order valence-corrected chi connectivity index (χ0v) is 14.3.